The second-order valence-corrected chi connectivity index (χ2v) is 11.9. The molecule has 3 aliphatic rings. The number of piperidine rings is 1. The van der Waals surface area contributed by atoms with Crippen molar-refractivity contribution in [1.82, 2.24) is 15.1 Å². The van der Waals surface area contributed by atoms with Gasteiger partial charge in [0.25, 0.3) is 5.91 Å². The molecule has 0 aliphatic carbocycles. The van der Waals surface area contributed by atoms with Crippen molar-refractivity contribution in [3.8, 4) is 11.8 Å². The lowest BCUT2D eigenvalue weighted by atomic mass is 9.74. The Kier molecular flexibility index (Phi) is 10.1. The standard InChI is InChI=1S/C34H42N4O5/c1-36-32(40)31(10-6-20-39)38-21-30-25(8-5-9-29(30)33(38)41)7-3-2-4-17-37-18-15-34(24-35,16-19-37)26-11-13-27(14-12-26)43-28-22-42-23-28/h5,8-9,11-14,20,28,31H,2-4,6-7,10,15-19,21-23H2,1H3,(H,36,40). The molecule has 2 saturated heterocycles. The van der Waals surface area contributed by atoms with Crippen LogP contribution in [-0.4, -0.2) is 79.9 Å². The first-order valence-electron chi connectivity index (χ1n) is 15.5. The molecule has 3 aliphatic heterocycles. The zero-order valence-corrected chi connectivity index (χ0v) is 25.1. The molecular formula is C34H42N4O5. The fourth-order valence-electron chi connectivity index (χ4n) is 6.50. The molecular weight excluding hydrogens is 544 g/mol. The van der Waals surface area contributed by atoms with Crippen LogP contribution in [0.3, 0.4) is 0 Å². The van der Waals surface area contributed by atoms with Crippen LogP contribution in [-0.2, 0) is 32.7 Å². The van der Waals surface area contributed by atoms with E-state index in [0.717, 1.165) is 86.9 Å². The molecule has 3 heterocycles. The van der Waals surface area contributed by atoms with Gasteiger partial charge in [0.2, 0.25) is 5.91 Å². The van der Waals surface area contributed by atoms with Crippen molar-refractivity contribution in [3.05, 3.63) is 64.7 Å². The van der Waals surface area contributed by atoms with Gasteiger partial charge >= 0.3 is 0 Å². The lowest BCUT2D eigenvalue weighted by Gasteiger charge is -2.37. The van der Waals surface area contributed by atoms with Crippen molar-refractivity contribution >= 4 is 18.1 Å². The lowest BCUT2D eigenvalue weighted by Crippen LogP contribution is -2.46. The van der Waals surface area contributed by atoms with E-state index in [1.54, 1.807) is 11.9 Å². The molecule has 1 N–H and O–H groups in total. The predicted octanol–water partition coefficient (Wildman–Crippen LogP) is 3.78. The summed E-state index contributed by atoms with van der Waals surface area (Å²) < 4.78 is 11.1. The third-order valence-electron chi connectivity index (χ3n) is 9.24. The topological polar surface area (TPSA) is 112 Å². The Morgan fingerprint density at radius 2 is 1.93 bits per heavy atom. The van der Waals surface area contributed by atoms with Crippen LogP contribution < -0.4 is 10.1 Å². The Morgan fingerprint density at radius 3 is 2.58 bits per heavy atom. The van der Waals surface area contributed by atoms with E-state index in [-0.39, 0.29) is 24.3 Å². The molecule has 43 heavy (non-hydrogen) atoms. The zero-order chi connectivity index (χ0) is 30.2. The summed E-state index contributed by atoms with van der Waals surface area (Å²) in [5.41, 5.74) is 3.46. The molecule has 228 valence electrons. The van der Waals surface area contributed by atoms with Gasteiger partial charge in [-0.1, -0.05) is 30.7 Å². The van der Waals surface area contributed by atoms with Gasteiger partial charge in [-0.2, -0.15) is 5.26 Å². The summed E-state index contributed by atoms with van der Waals surface area (Å²) in [6, 6.07) is 15.9. The summed E-state index contributed by atoms with van der Waals surface area (Å²) in [5.74, 6) is 0.453. The molecule has 0 spiro atoms. The van der Waals surface area contributed by atoms with Crippen LogP contribution in [0.25, 0.3) is 0 Å². The van der Waals surface area contributed by atoms with Gasteiger partial charge in [-0.3, -0.25) is 9.59 Å². The number of nitrogens with one attached hydrogen (secondary N) is 1. The largest absolute Gasteiger partial charge is 0.486 e. The molecule has 1 atom stereocenters. The number of ether oxygens (including phenoxy) is 2. The maximum Gasteiger partial charge on any atom is 0.255 e. The van der Waals surface area contributed by atoms with E-state index in [1.165, 1.54) is 0 Å². The fraction of sp³-hybridized carbons (Fsp3) is 0.529. The molecule has 9 heteroatoms. The predicted molar refractivity (Wildman–Crippen MR) is 162 cm³/mol. The molecule has 9 nitrogen and oxygen atoms in total. The van der Waals surface area contributed by atoms with Crippen molar-refractivity contribution in [2.75, 3.05) is 39.9 Å². The first-order valence-corrected chi connectivity index (χ1v) is 15.5. The second kappa shape index (κ2) is 14.2. The van der Waals surface area contributed by atoms with Gasteiger partial charge in [0, 0.05) is 25.6 Å². The highest BCUT2D eigenvalue weighted by Gasteiger charge is 2.38. The number of benzene rings is 2. The number of hydrogen-bond donors (Lipinski definition) is 1. The highest BCUT2D eigenvalue weighted by atomic mass is 16.6. The van der Waals surface area contributed by atoms with E-state index >= 15 is 0 Å². The van der Waals surface area contributed by atoms with Gasteiger partial charge in [-0.15, -0.1) is 0 Å². The number of nitrogens with zero attached hydrogens (tertiary/aromatic N) is 3. The van der Waals surface area contributed by atoms with Gasteiger partial charge in [-0.05, 0) is 93.0 Å². The summed E-state index contributed by atoms with van der Waals surface area (Å²) in [7, 11) is 1.56. The van der Waals surface area contributed by atoms with Crippen LogP contribution in [0.15, 0.2) is 42.5 Å². The van der Waals surface area contributed by atoms with Gasteiger partial charge in [0.1, 0.15) is 24.2 Å². The minimum absolute atomic E-state index is 0.134. The maximum absolute atomic E-state index is 13.2. The number of rotatable bonds is 14. The van der Waals surface area contributed by atoms with Gasteiger partial charge in [0.05, 0.1) is 24.7 Å². The summed E-state index contributed by atoms with van der Waals surface area (Å²) in [6.45, 7) is 4.51. The SMILES string of the molecule is CNC(=O)C(CCC=O)N1Cc2c(CCCCCN3CCC(C#N)(c4ccc(OC5COC5)cc4)CC3)cccc2C1=O. The summed E-state index contributed by atoms with van der Waals surface area (Å²) in [5, 5.41) is 12.8. The number of fused-ring (bicyclic) bond motifs is 1. The Labute approximate surface area is 254 Å². The quantitative estimate of drug-likeness (QED) is 0.265. The molecule has 2 fully saturated rings. The Bertz CT molecular complexity index is 1330. The molecule has 0 saturated carbocycles. The van der Waals surface area contributed by atoms with Crippen LogP contribution in [0.4, 0.5) is 0 Å². The summed E-state index contributed by atoms with van der Waals surface area (Å²) >= 11 is 0. The third-order valence-corrected chi connectivity index (χ3v) is 9.24. The van der Waals surface area contributed by atoms with Gasteiger partial charge in [-0.25, -0.2) is 0 Å². The number of likely N-dealkylation sites (N-methyl/N-ethyl adjacent to an activating group) is 1. The molecule has 0 bridgehead atoms. The monoisotopic (exact) mass is 586 g/mol. The van der Waals surface area contributed by atoms with Crippen molar-refractivity contribution in [2.24, 2.45) is 0 Å². The van der Waals surface area contributed by atoms with Crippen molar-refractivity contribution in [2.45, 2.75) is 75.5 Å². The molecule has 5 rings (SSSR count). The second-order valence-electron chi connectivity index (χ2n) is 11.9. The Morgan fingerprint density at radius 1 is 1.16 bits per heavy atom. The molecule has 0 aromatic heterocycles. The number of likely N-dealkylation sites (tertiary alicyclic amines) is 1. The summed E-state index contributed by atoms with van der Waals surface area (Å²) in [6.07, 6.45) is 7.20. The number of carbonyl (C=O) groups excluding carboxylic acids is 3. The number of nitriles is 1. The number of amides is 2. The minimum atomic E-state index is -0.645. The van der Waals surface area contributed by atoms with Crippen LogP contribution in [0.2, 0.25) is 0 Å². The van der Waals surface area contributed by atoms with Crippen molar-refractivity contribution < 1.29 is 23.9 Å². The fourth-order valence-corrected chi connectivity index (χ4v) is 6.50. The molecule has 2 amide bonds. The Balaban J connectivity index is 1.07. The van der Waals surface area contributed by atoms with Crippen molar-refractivity contribution in [3.63, 3.8) is 0 Å². The first-order chi connectivity index (χ1) is 21.0. The van der Waals surface area contributed by atoms with Crippen molar-refractivity contribution in [1.29, 1.82) is 5.26 Å². The number of aryl methyl sites for hydroxylation is 1. The third kappa shape index (κ3) is 6.92. The highest BCUT2D eigenvalue weighted by Crippen LogP contribution is 2.36. The Hall–Kier alpha value is -3.74. The first kappa shape index (κ1) is 30.7. The van der Waals surface area contributed by atoms with E-state index in [1.807, 2.05) is 36.4 Å². The average molecular weight is 587 g/mol. The summed E-state index contributed by atoms with van der Waals surface area (Å²) in [4.78, 5) is 40.7. The molecule has 1 unspecified atom stereocenters. The van der Waals surface area contributed by atoms with E-state index in [2.05, 4.69) is 22.4 Å². The van der Waals surface area contributed by atoms with Gasteiger partial charge in [0.15, 0.2) is 0 Å². The number of hydrogen-bond acceptors (Lipinski definition) is 7. The number of carbonyl (C=O) groups is 3. The van der Waals surface area contributed by atoms with Crippen LogP contribution in [0, 0.1) is 11.3 Å². The highest BCUT2D eigenvalue weighted by molar-refractivity contribution is 6.01. The van der Waals surface area contributed by atoms with Crippen LogP contribution in [0.5, 0.6) is 5.75 Å². The lowest BCUT2D eigenvalue weighted by molar-refractivity contribution is -0.125. The number of unbranched alkanes of at least 4 members (excludes halogenated alkanes) is 2. The van der Waals surface area contributed by atoms with E-state index in [4.69, 9.17) is 9.47 Å². The average Bonchev–Trinajstić information content (AvgIpc) is 3.36. The normalized spacial score (nSPS) is 18.8. The van der Waals surface area contributed by atoms with E-state index in [0.29, 0.717) is 31.7 Å². The molecule has 2 aromatic rings. The molecule has 2 aromatic carbocycles. The van der Waals surface area contributed by atoms with E-state index < -0.39 is 11.5 Å². The van der Waals surface area contributed by atoms with Gasteiger partial charge < -0.3 is 29.4 Å². The smallest absolute Gasteiger partial charge is 0.255 e. The number of aldehydes is 1. The molecule has 0 radical (unpaired) electrons. The maximum atomic E-state index is 13.2. The minimum Gasteiger partial charge on any atom is -0.486 e. The van der Waals surface area contributed by atoms with Crippen LogP contribution >= 0.6 is 0 Å². The van der Waals surface area contributed by atoms with Crippen LogP contribution in [0.1, 0.15) is 72.0 Å². The van der Waals surface area contributed by atoms with E-state index in [9.17, 15) is 19.6 Å². The zero-order valence-electron chi connectivity index (χ0n) is 25.1.